The summed E-state index contributed by atoms with van der Waals surface area (Å²) in [4.78, 5) is 0.0512. The summed E-state index contributed by atoms with van der Waals surface area (Å²) >= 11 is 12.2. The lowest BCUT2D eigenvalue weighted by Crippen LogP contribution is -2.43. The molecule has 1 heterocycles. The van der Waals surface area contributed by atoms with Crippen molar-refractivity contribution in [2.45, 2.75) is 43.5 Å². The van der Waals surface area contributed by atoms with Crippen molar-refractivity contribution in [3.63, 3.8) is 0 Å². The molecule has 4 nitrogen and oxygen atoms in total. The molecule has 0 aliphatic carbocycles. The number of rotatable bonds is 4. The van der Waals surface area contributed by atoms with Crippen LogP contribution < -0.4 is 4.74 Å². The molecule has 0 aromatic heterocycles. The molecule has 1 aliphatic heterocycles. The van der Waals surface area contributed by atoms with E-state index in [4.69, 9.17) is 27.9 Å². The number of hydrogen-bond acceptors (Lipinski definition) is 3. The van der Waals surface area contributed by atoms with Gasteiger partial charge in [0.2, 0.25) is 10.0 Å². The highest BCUT2D eigenvalue weighted by Crippen LogP contribution is 2.36. The van der Waals surface area contributed by atoms with Crippen LogP contribution in [0.4, 0.5) is 0 Å². The maximum atomic E-state index is 12.9. The SMILES string of the molecule is CC[C@@H]1CCCCN1S(=O)(=O)c1cc(Cl)c(OC)cc1Cl. The summed E-state index contributed by atoms with van der Waals surface area (Å²) in [5, 5.41) is 0.377. The number of piperidine rings is 1. The van der Waals surface area contributed by atoms with E-state index < -0.39 is 10.0 Å². The van der Waals surface area contributed by atoms with Gasteiger partial charge in [-0.3, -0.25) is 0 Å². The molecular formula is C14H19Cl2NO3S. The highest BCUT2D eigenvalue weighted by molar-refractivity contribution is 7.89. The fourth-order valence-corrected chi connectivity index (χ4v) is 5.28. The van der Waals surface area contributed by atoms with E-state index in [-0.39, 0.29) is 21.0 Å². The Morgan fingerprint density at radius 1 is 1.29 bits per heavy atom. The van der Waals surface area contributed by atoms with Crippen molar-refractivity contribution in [3.8, 4) is 5.75 Å². The molecule has 21 heavy (non-hydrogen) atoms. The van der Waals surface area contributed by atoms with Crippen molar-refractivity contribution in [3.05, 3.63) is 22.2 Å². The highest BCUT2D eigenvalue weighted by atomic mass is 35.5. The largest absolute Gasteiger partial charge is 0.495 e. The zero-order chi connectivity index (χ0) is 15.6. The minimum Gasteiger partial charge on any atom is -0.495 e. The average molecular weight is 352 g/mol. The van der Waals surface area contributed by atoms with Gasteiger partial charge >= 0.3 is 0 Å². The van der Waals surface area contributed by atoms with Gasteiger partial charge in [-0.15, -0.1) is 0 Å². The molecule has 0 saturated carbocycles. The molecule has 0 radical (unpaired) electrons. The Labute approximate surface area is 136 Å². The van der Waals surface area contributed by atoms with E-state index in [2.05, 4.69) is 0 Å². The second-order valence-corrected chi connectivity index (χ2v) is 7.76. The van der Waals surface area contributed by atoms with E-state index in [1.54, 1.807) is 4.31 Å². The Balaban J connectivity index is 2.46. The third-order valence-corrected chi connectivity index (χ3v) is 6.55. The number of halogens is 2. The van der Waals surface area contributed by atoms with Crippen LogP contribution in [0.1, 0.15) is 32.6 Å². The smallest absolute Gasteiger partial charge is 0.244 e. The predicted octanol–water partition coefficient (Wildman–Crippen LogP) is 3.96. The Hall–Kier alpha value is -0.490. The van der Waals surface area contributed by atoms with Gasteiger partial charge < -0.3 is 4.74 Å². The maximum Gasteiger partial charge on any atom is 0.244 e. The van der Waals surface area contributed by atoms with Crippen molar-refractivity contribution >= 4 is 33.2 Å². The van der Waals surface area contributed by atoms with E-state index in [1.807, 2.05) is 6.92 Å². The van der Waals surface area contributed by atoms with Crippen molar-refractivity contribution < 1.29 is 13.2 Å². The van der Waals surface area contributed by atoms with Gasteiger partial charge in [-0.1, -0.05) is 36.5 Å². The third-order valence-electron chi connectivity index (χ3n) is 3.84. The number of ether oxygens (including phenoxy) is 1. The van der Waals surface area contributed by atoms with Gasteiger partial charge in [-0.2, -0.15) is 4.31 Å². The lowest BCUT2D eigenvalue weighted by atomic mass is 10.0. The van der Waals surface area contributed by atoms with E-state index >= 15 is 0 Å². The van der Waals surface area contributed by atoms with Crippen LogP contribution in [0.2, 0.25) is 10.0 Å². The van der Waals surface area contributed by atoms with E-state index in [0.29, 0.717) is 12.3 Å². The molecule has 0 amide bonds. The zero-order valence-electron chi connectivity index (χ0n) is 12.1. The summed E-state index contributed by atoms with van der Waals surface area (Å²) in [7, 11) is -2.18. The van der Waals surface area contributed by atoms with Crippen LogP contribution in [-0.4, -0.2) is 32.4 Å². The summed E-state index contributed by atoms with van der Waals surface area (Å²) in [5.41, 5.74) is 0. The quantitative estimate of drug-likeness (QED) is 0.824. The van der Waals surface area contributed by atoms with Gasteiger partial charge in [-0.05, 0) is 25.3 Å². The predicted molar refractivity (Wildman–Crippen MR) is 84.8 cm³/mol. The third kappa shape index (κ3) is 3.31. The van der Waals surface area contributed by atoms with Crippen LogP contribution in [-0.2, 0) is 10.0 Å². The molecule has 0 spiro atoms. The van der Waals surface area contributed by atoms with Crippen LogP contribution >= 0.6 is 23.2 Å². The van der Waals surface area contributed by atoms with Crippen molar-refractivity contribution in [1.29, 1.82) is 0 Å². The molecular weight excluding hydrogens is 333 g/mol. The summed E-state index contributed by atoms with van der Waals surface area (Å²) in [6.07, 6.45) is 3.61. The summed E-state index contributed by atoms with van der Waals surface area (Å²) in [6.45, 7) is 2.53. The van der Waals surface area contributed by atoms with Crippen molar-refractivity contribution in [1.82, 2.24) is 4.31 Å². The molecule has 1 saturated heterocycles. The van der Waals surface area contributed by atoms with Gasteiger partial charge in [0.25, 0.3) is 0 Å². The molecule has 7 heteroatoms. The first-order chi connectivity index (χ1) is 9.91. The summed E-state index contributed by atoms with van der Waals surface area (Å²) in [6, 6.07) is 2.85. The van der Waals surface area contributed by atoms with Gasteiger partial charge in [0.1, 0.15) is 10.6 Å². The standard InChI is InChI=1S/C14H19Cl2NO3S/c1-3-10-6-4-5-7-17(10)21(18,19)14-9-11(15)13(20-2)8-12(14)16/h8-10H,3-7H2,1-2H3/t10-/m1/s1. The lowest BCUT2D eigenvalue weighted by Gasteiger charge is -2.34. The summed E-state index contributed by atoms with van der Waals surface area (Å²) in [5.74, 6) is 0.367. The minimum absolute atomic E-state index is 0.0284. The molecule has 1 aromatic carbocycles. The molecule has 1 aromatic rings. The topological polar surface area (TPSA) is 46.6 Å². The number of methoxy groups -OCH3 is 1. The molecule has 1 fully saturated rings. The number of hydrogen-bond donors (Lipinski definition) is 0. The monoisotopic (exact) mass is 351 g/mol. The van der Waals surface area contributed by atoms with Gasteiger partial charge in [0.05, 0.1) is 17.2 Å². The Bertz CT molecular complexity index is 619. The summed E-state index contributed by atoms with van der Waals surface area (Å²) < 4.78 is 32.4. The molecule has 118 valence electrons. The maximum absolute atomic E-state index is 12.9. The first-order valence-electron chi connectivity index (χ1n) is 6.96. The second-order valence-electron chi connectivity index (χ2n) is 5.09. The normalized spacial score (nSPS) is 20.5. The van der Waals surface area contributed by atoms with E-state index in [9.17, 15) is 8.42 Å². The van der Waals surface area contributed by atoms with Crippen LogP contribution in [0.5, 0.6) is 5.75 Å². The zero-order valence-corrected chi connectivity index (χ0v) is 14.4. The van der Waals surface area contributed by atoms with Crippen LogP contribution in [0.3, 0.4) is 0 Å². The van der Waals surface area contributed by atoms with E-state index in [1.165, 1.54) is 19.2 Å². The first-order valence-corrected chi connectivity index (χ1v) is 9.16. The second kappa shape index (κ2) is 6.73. The van der Waals surface area contributed by atoms with Gasteiger partial charge in [0, 0.05) is 18.7 Å². The first kappa shape index (κ1) is 16.9. The number of benzene rings is 1. The number of nitrogens with zero attached hydrogens (tertiary/aromatic N) is 1. The lowest BCUT2D eigenvalue weighted by molar-refractivity contribution is 0.246. The molecule has 0 unspecified atom stereocenters. The van der Waals surface area contributed by atoms with E-state index in [0.717, 1.165) is 25.7 Å². The Kier molecular flexibility index (Phi) is 5.41. The highest BCUT2D eigenvalue weighted by Gasteiger charge is 2.34. The Morgan fingerprint density at radius 2 is 2.00 bits per heavy atom. The van der Waals surface area contributed by atoms with Gasteiger partial charge in [-0.25, -0.2) is 8.42 Å². The number of sulfonamides is 1. The Morgan fingerprint density at radius 3 is 2.62 bits per heavy atom. The van der Waals surface area contributed by atoms with Crippen LogP contribution in [0, 0.1) is 0 Å². The van der Waals surface area contributed by atoms with Crippen molar-refractivity contribution in [2.24, 2.45) is 0 Å². The van der Waals surface area contributed by atoms with Crippen molar-refractivity contribution in [2.75, 3.05) is 13.7 Å². The fraction of sp³-hybridized carbons (Fsp3) is 0.571. The molecule has 1 aliphatic rings. The molecule has 0 bridgehead atoms. The molecule has 0 N–H and O–H groups in total. The molecule has 1 atom stereocenters. The fourth-order valence-electron chi connectivity index (χ4n) is 2.69. The van der Waals surface area contributed by atoms with Crippen LogP contribution in [0.25, 0.3) is 0 Å². The average Bonchev–Trinajstić information content (AvgIpc) is 2.48. The van der Waals surface area contributed by atoms with Crippen LogP contribution in [0.15, 0.2) is 17.0 Å². The minimum atomic E-state index is -3.64. The molecule has 2 rings (SSSR count). The van der Waals surface area contributed by atoms with Gasteiger partial charge in [0.15, 0.2) is 0 Å².